The summed E-state index contributed by atoms with van der Waals surface area (Å²) in [6, 6.07) is 15.6. The molecule has 0 radical (unpaired) electrons. The number of aryl methyl sites for hydroxylation is 1. The topological polar surface area (TPSA) is 55.1 Å². The molecule has 0 heterocycles. The van der Waals surface area contributed by atoms with Crippen molar-refractivity contribution in [1.29, 1.82) is 0 Å². The second-order valence-corrected chi connectivity index (χ2v) is 5.12. The SMILES string of the molecule is Cc1ccc([C@H](C)NC(=O)Cc2cccc(N)c2)cc1. The number of hydrogen-bond donors (Lipinski definition) is 2. The van der Waals surface area contributed by atoms with Crippen LogP contribution in [0.2, 0.25) is 0 Å². The van der Waals surface area contributed by atoms with Crippen LogP contribution in [0, 0.1) is 6.92 Å². The first-order valence-electron chi connectivity index (χ1n) is 6.75. The molecular weight excluding hydrogens is 248 g/mol. The van der Waals surface area contributed by atoms with Crippen molar-refractivity contribution in [3.63, 3.8) is 0 Å². The molecule has 2 rings (SSSR count). The summed E-state index contributed by atoms with van der Waals surface area (Å²) in [5, 5.41) is 3.00. The van der Waals surface area contributed by atoms with Crippen molar-refractivity contribution in [2.45, 2.75) is 26.3 Å². The van der Waals surface area contributed by atoms with Crippen LogP contribution in [-0.2, 0) is 11.2 Å². The zero-order chi connectivity index (χ0) is 14.5. The summed E-state index contributed by atoms with van der Waals surface area (Å²) < 4.78 is 0. The second-order valence-electron chi connectivity index (χ2n) is 5.12. The summed E-state index contributed by atoms with van der Waals surface area (Å²) in [5.41, 5.74) is 9.64. The highest BCUT2D eigenvalue weighted by molar-refractivity contribution is 5.79. The molecule has 0 aliphatic heterocycles. The molecule has 0 unspecified atom stereocenters. The molecule has 20 heavy (non-hydrogen) atoms. The number of carbonyl (C=O) groups is 1. The van der Waals surface area contributed by atoms with Crippen LogP contribution >= 0.6 is 0 Å². The zero-order valence-corrected chi connectivity index (χ0v) is 11.9. The van der Waals surface area contributed by atoms with Gasteiger partial charge in [-0.1, -0.05) is 42.0 Å². The number of carbonyl (C=O) groups excluding carboxylic acids is 1. The molecule has 0 aromatic heterocycles. The van der Waals surface area contributed by atoms with Crippen molar-refractivity contribution in [3.8, 4) is 0 Å². The van der Waals surface area contributed by atoms with Crippen molar-refractivity contribution < 1.29 is 4.79 Å². The molecule has 0 aliphatic rings. The number of nitrogen functional groups attached to an aromatic ring is 1. The Morgan fingerprint density at radius 2 is 1.90 bits per heavy atom. The molecule has 0 bridgehead atoms. The highest BCUT2D eigenvalue weighted by Crippen LogP contribution is 2.14. The lowest BCUT2D eigenvalue weighted by Gasteiger charge is -2.14. The summed E-state index contributed by atoms with van der Waals surface area (Å²) in [6.45, 7) is 4.04. The van der Waals surface area contributed by atoms with Crippen LogP contribution in [-0.4, -0.2) is 5.91 Å². The standard InChI is InChI=1S/C17H20N2O/c1-12-6-8-15(9-7-12)13(2)19-17(20)11-14-4-3-5-16(18)10-14/h3-10,13H,11,18H2,1-2H3,(H,19,20)/t13-/m0/s1. The van der Waals surface area contributed by atoms with E-state index >= 15 is 0 Å². The first-order valence-corrected chi connectivity index (χ1v) is 6.75. The maximum absolute atomic E-state index is 12.0. The van der Waals surface area contributed by atoms with Crippen molar-refractivity contribution in [1.82, 2.24) is 5.32 Å². The van der Waals surface area contributed by atoms with E-state index < -0.39 is 0 Å². The molecule has 0 spiro atoms. The van der Waals surface area contributed by atoms with E-state index in [4.69, 9.17) is 5.73 Å². The smallest absolute Gasteiger partial charge is 0.224 e. The molecule has 3 heteroatoms. The van der Waals surface area contributed by atoms with Gasteiger partial charge >= 0.3 is 0 Å². The molecule has 2 aromatic carbocycles. The Bertz CT molecular complexity index is 590. The van der Waals surface area contributed by atoms with Gasteiger partial charge in [-0.15, -0.1) is 0 Å². The van der Waals surface area contributed by atoms with Crippen LogP contribution in [0.4, 0.5) is 5.69 Å². The highest BCUT2D eigenvalue weighted by atomic mass is 16.1. The molecule has 1 amide bonds. The molecule has 0 saturated heterocycles. The summed E-state index contributed by atoms with van der Waals surface area (Å²) in [6.07, 6.45) is 0.348. The van der Waals surface area contributed by atoms with Crippen LogP contribution in [0.5, 0.6) is 0 Å². The number of benzene rings is 2. The predicted octanol–water partition coefficient (Wildman–Crippen LogP) is 3.00. The molecular formula is C17H20N2O. The molecule has 0 fully saturated rings. The summed E-state index contributed by atoms with van der Waals surface area (Å²) in [7, 11) is 0. The normalized spacial score (nSPS) is 11.9. The molecule has 3 nitrogen and oxygen atoms in total. The van der Waals surface area contributed by atoms with Gasteiger partial charge in [-0.2, -0.15) is 0 Å². The third-order valence-electron chi connectivity index (χ3n) is 3.27. The second kappa shape index (κ2) is 6.24. The lowest BCUT2D eigenvalue weighted by Crippen LogP contribution is -2.28. The van der Waals surface area contributed by atoms with Gasteiger partial charge in [0.05, 0.1) is 12.5 Å². The number of amides is 1. The molecule has 104 valence electrons. The Morgan fingerprint density at radius 1 is 1.20 bits per heavy atom. The fourth-order valence-electron chi connectivity index (χ4n) is 2.12. The van der Waals surface area contributed by atoms with Crippen molar-refractivity contribution in [3.05, 3.63) is 65.2 Å². The van der Waals surface area contributed by atoms with Crippen LogP contribution in [0.3, 0.4) is 0 Å². The fraction of sp³-hybridized carbons (Fsp3) is 0.235. The maximum Gasteiger partial charge on any atom is 0.224 e. The van der Waals surface area contributed by atoms with Crippen LogP contribution in [0.1, 0.15) is 29.7 Å². The van der Waals surface area contributed by atoms with E-state index in [1.165, 1.54) is 5.56 Å². The van der Waals surface area contributed by atoms with Crippen molar-refractivity contribution in [2.24, 2.45) is 0 Å². The average molecular weight is 268 g/mol. The average Bonchev–Trinajstić information content (AvgIpc) is 2.39. The summed E-state index contributed by atoms with van der Waals surface area (Å²) in [5.74, 6) is 0.00340. The third kappa shape index (κ3) is 3.85. The van der Waals surface area contributed by atoms with E-state index in [1.807, 2.05) is 50.2 Å². The van der Waals surface area contributed by atoms with Gasteiger partial charge in [0, 0.05) is 5.69 Å². The van der Waals surface area contributed by atoms with Gasteiger partial charge in [-0.3, -0.25) is 4.79 Å². The lowest BCUT2D eigenvalue weighted by atomic mass is 10.1. The van der Waals surface area contributed by atoms with Crippen molar-refractivity contribution >= 4 is 11.6 Å². The minimum Gasteiger partial charge on any atom is -0.399 e. The number of anilines is 1. The quantitative estimate of drug-likeness (QED) is 0.837. The fourth-order valence-corrected chi connectivity index (χ4v) is 2.12. The number of nitrogens with two attached hydrogens (primary N) is 1. The van der Waals surface area contributed by atoms with Crippen LogP contribution < -0.4 is 11.1 Å². The van der Waals surface area contributed by atoms with E-state index in [9.17, 15) is 4.79 Å². The molecule has 3 N–H and O–H groups in total. The largest absolute Gasteiger partial charge is 0.399 e. The van der Waals surface area contributed by atoms with Gasteiger partial charge < -0.3 is 11.1 Å². The van der Waals surface area contributed by atoms with E-state index in [0.717, 1.165) is 11.1 Å². The molecule has 0 saturated carbocycles. The van der Waals surface area contributed by atoms with E-state index in [0.29, 0.717) is 12.1 Å². The number of hydrogen-bond acceptors (Lipinski definition) is 2. The minimum absolute atomic E-state index is 0.00340. The Labute approximate surface area is 119 Å². The Hall–Kier alpha value is -2.29. The van der Waals surface area contributed by atoms with Crippen LogP contribution in [0.25, 0.3) is 0 Å². The van der Waals surface area contributed by atoms with Gasteiger partial charge in [-0.05, 0) is 37.1 Å². The zero-order valence-electron chi connectivity index (χ0n) is 11.9. The Kier molecular flexibility index (Phi) is 4.41. The Balaban J connectivity index is 1.95. The van der Waals surface area contributed by atoms with Crippen LogP contribution in [0.15, 0.2) is 48.5 Å². The van der Waals surface area contributed by atoms with Gasteiger partial charge in [0.1, 0.15) is 0 Å². The molecule has 0 aliphatic carbocycles. The number of nitrogens with one attached hydrogen (secondary N) is 1. The molecule has 1 atom stereocenters. The highest BCUT2D eigenvalue weighted by Gasteiger charge is 2.10. The van der Waals surface area contributed by atoms with E-state index in [1.54, 1.807) is 0 Å². The summed E-state index contributed by atoms with van der Waals surface area (Å²) in [4.78, 5) is 12.0. The van der Waals surface area contributed by atoms with Gasteiger partial charge in [0.25, 0.3) is 0 Å². The van der Waals surface area contributed by atoms with Gasteiger partial charge in [0.15, 0.2) is 0 Å². The van der Waals surface area contributed by atoms with E-state index in [-0.39, 0.29) is 11.9 Å². The lowest BCUT2D eigenvalue weighted by molar-refractivity contribution is -0.121. The van der Waals surface area contributed by atoms with Gasteiger partial charge in [-0.25, -0.2) is 0 Å². The first kappa shape index (κ1) is 14.1. The number of rotatable bonds is 4. The predicted molar refractivity (Wildman–Crippen MR) is 82.3 cm³/mol. The third-order valence-corrected chi connectivity index (χ3v) is 3.27. The monoisotopic (exact) mass is 268 g/mol. The van der Waals surface area contributed by atoms with Gasteiger partial charge in [0.2, 0.25) is 5.91 Å². The van der Waals surface area contributed by atoms with Crippen molar-refractivity contribution in [2.75, 3.05) is 5.73 Å². The van der Waals surface area contributed by atoms with E-state index in [2.05, 4.69) is 17.4 Å². The Morgan fingerprint density at radius 3 is 2.55 bits per heavy atom. The summed E-state index contributed by atoms with van der Waals surface area (Å²) >= 11 is 0. The molecule has 2 aromatic rings. The maximum atomic E-state index is 12.0. The minimum atomic E-state index is 0.00340. The first-order chi connectivity index (χ1) is 9.54.